The molecule has 11 heteroatoms. The standard InChI is InChI=1S/C21H30N6O5/c1-2-32-18-7-6-15(13-24-18)16(19(29)30)14-27-12-11-26(21(27)31)10-3-5-17(28)25-20-22-8-4-9-23-20/h6-7,13,16H,2-5,8-12,14H2,1H3,(H,29,30)(H2,22,23,25,28)/t16-/m1/s1. The van der Waals surface area contributed by atoms with Crippen molar-refractivity contribution in [2.45, 2.75) is 32.1 Å². The number of guanidine groups is 1. The van der Waals surface area contributed by atoms with Gasteiger partial charge in [0, 0.05) is 58.0 Å². The van der Waals surface area contributed by atoms with E-state index >= 15 is 0 Å². The highest BCUT2D eigenvalue weighted by Crippen LogP contribution is 2.21. The number of nitrogens with zero attached hydrogens (tertiary/aromatic N) is 4. The number of carbonyl (C=O) groups is 3. The van der Waals surface area contributed by atoms with Gasteiger partial charge in [-0.15, -0.1) is 0 Å². The largest absolute Gasteiger partial charge is 0.481 e. The van der Waals surface area contributed by atoms with Crippen molar-refractivity contribution < 1.29 is 24.2 Å². The van der Waals surface area contributed by atoms with E-state index in [0.717, 1.165) is 13.0 Å². The van der Waals surface area contributed by atoms with E-state index in [4.69, 9.17) is 4.74 Å². The first-order valence-electron chi connectivity index (χ1n) is 10.9. The lowest BCUT2D eigenvalue weighted by Gasteiger charge is -2.22. The number of hydrogen-bond acceptors (Lipinski definition) is 7. The SMILES string of the molecule is CCOc1ccc([C@@H](CN2CCN(CCCC(=O)NC3=NCCCN3)C2=O)C(=O)O)cn1. The summed E-state index contributed by atoms with van der Waals surface area (Å²) >= 11 is 0. The van der Waals surface area contributed by atoms with Crippen LogP contribution in [-0.4, -0.2) is 89.6 Å². The van der Waals surface area contributed by atoms with E-state index in [2.05, 4.69) is 20.6 Å². The molecule has 11 nitrogen and oxygen atoms in total. The summed E-state index contributed by atoms with van der Waals surface area (Å²) in [6, 6.07) is 3.08. The summed E-state index contributed by atoms with van der Waals surface area (Å²) < 4.78 is 5.29. The van der Waals surface area contributed by atoms with Gasteiger partial charge >= 0.3 is 12.0 Å². The lowest BCUT2D eigenvalue weighted by atomic mass is 10.0. The fraction of sp³-hybridized carbons (Fsp3) is 0.571. The number of hydrogen-bond donors (Lipinski definition) is 3. The monoisotopic (exact) mass is 446 g/mol. The Kier molecular flexibility index (Phi) is 8.23. The third-order valence-corrected chi connectivity index (χ3v) is 5.32. The lowest BCUT2D eigenvalue weighted by Crippen LogP contribution is -2.43. The number of nitrogens with one attached hydrogen (secondary N) is 2. The van der Waals surface area contributed by atoms with Crippen LogP contribution in [0.5, 0.6) is 5.88 Å². The maximum atomic E-state index is 12.7. The highest BCUT2D eigenvalue weighted by atomic mass is 16.5. The minimum Gasteiger partial charge on any atom is -0.481 e. The molecule has 0 spiro atoms. The average Bonchev–Trinajstić information content (AvgIpc) is 3.13. The first-order valence-corrected chi connectivity index (χ1v) is 10.9. The topological polar surface area (TPSA) is 136 Å². The van der Waals surface area contributed by atoms with Gasteiger partial charge in [-0.3, -0.25) is 19.9 Å². The van der Waals surface area contributed by atoms with Crippen molar-refractivity contribution in [1.29, 1.82) is 0 Å². The average molecular weight is 447 g/mol. The van der Waals surface area contributed by atoms with Gasteiger partial charge in [-0.2, -0.15) is 0 Å². The molecular weight excluding hydrogens is 416 g/mol. The van der Waals surface area contributed by atoms with Crippen LogP contribution in [-0.2, 0) is 9.59 Å². The van der Waals surface area contributed by atoms with Gasteiger partial charge < -0.3 is 25.0 Å². The predicted octanol–water partition coefficient (Wildman–Crippen LogP) is 0.632. The highest BCUT2D eigenvalue weighted by molar-refractivity contribution is 5.97. The lowest BCUT2D eigenvalue weighted by molar-refractivity contribution is -0.139. The molecule has 174 valence electrons. The van der Waals surface area contributed by atoms with Gasteiger partial charge in [0.2, 0.25) is 11.8 Å². The summed E-state index contributed by atoms with van der Waals surface area (Å²) in [4.78, 5) is 48.1. The Morgan fingerprint density at radius 3 is 2.78 bits per heavy atom. The smallest absolute Gasteiger partial charge is 0.320 e. The van der Waals surface area contributed by atoms with E-state index in [0.29, 0.717) is 56.6 Å². The molecule has 1 saturated heterocycles. The Hall–Kier alpha value is -3.37. The van der Waals surface area contributed by atoms with Gasteiger partial charge in [-0.1, -0.05) is 6.07 Å². The van der Waals surface area contributed by atoms with E-state index in [-0.39, 0.29) is 24.9 Å². The molecule has 1 atom stereocenters. The van der Waals surface area contributed by atoms with Crippen molar-refractivity contribution in [3.05, 3.63) is 23.9 Å². The summed E-state index contributed by atoms with van der Waals surface area (Å²) in [5, 5.41) is 15.4. The zero-order valence-electron chi connectivity index (χ0n) is 18.2. The summed E-state index contributed by atoms with van der Waals surface area (Å²) in [5.41, 5.74) is 0.517. The number of aromatic nitrogens is 1. The normalized spacial score (nSPS) is 16.9. The Morgan fingerprint density at radius 2 is 2.12 bits per heavy atom. The molecule has 3 rings (SSSR count). The molecule has 0 radical (unpaired) electrons. The Morgan fingerprint density at radius 1 is 1.31 bits per heavy atom. The summed E-state index contributed by atoms with van der Waals surface area (Å²) in [7, 11) is 0. The summed E-state index contributed by atoms with van der Waals surface area (Å²) in [6.07, 6.45) is 3.22. The molecule has 3 amide bonds. The number of aliphatic carboxylic acids is 1. The molecule has 3 N–H and O–H groups in total. The van der Waals surface area contributed by atoms with Crippen LogP contribution in [0.1, 0.15) is 37.7 Å². The zero-order chi connectivity index (χ0) is 22.9. The van der Waals surface area contributed by atoms with Crippen molar-refractivity contribution >= 4 is 23.9 Å². The molecule has 0 aromatic carbocycles. The number of carbonyl (C=O) groups excluding carboxylic acids is 2. The third kappa shape index (κ3) is 6.32. The van der Waals surface area contributed by atoms with Crippen molar-refractivity contribution in [2.75, 3.05) is 45.9 Å². The van der Waals surface area contributed by atoms with Crippen LogP contribution >= 0.6 is 0 Å². The second-order valence-electron chi connectivity index (χ2n) is 7.63. The predicted molar refractivity (Wildman–Crippen MR) is 117 cm³/mol. The first-order chi connectivity index (χ1) is 15.5. The van der Waals surface area contributed by atoms with Gasteiger partial charge in [0.25, 0.3) is 0 Å². The van der Waals surface area contributed by atoms with E-state index < -0.39 is 11.9 Å². The third-order valence-electron chi connectivity index (χ3n) is 5.32. The van der Waals surface area contributed by atoms with Crippen LogP contribution in [0.25, 0.3) is 0 Å². The number of amides is 3. The van der Waals surface area contributed by atoms with Crippen LogP contribution < -0.4 is 15.4 Å². The molecule has 0 aliphatic carbocycles. The van der Waals surface area contributed by atoms with Crippen molar-refractivity contribution in [1.82, 2.24) is 25.4 Å². The molecule has 0 bridgehead atoms. The van der Waals surface area contributed by atoms with Crippen molar-refractivity contribution in [2.24, 2.45) is 4.99 Å². The molecule has 1 fully saturated rings. The van der Waals surface area contributed by atoms with Crippen LogP contribution in [0.3, 0.4) is 0 Å². The quantitative estimate of drug-likeness (QED) is 0.479. The van der Waals surface area contributed by atoms with E-state index in [1.807, 2.05) is 6.92 Å². The van der Waals surface area contributed by atoms with Gasteiger partial charge in [0.1, 0.15) is 5.92 Å². The Labute approximate surface area is 186 Å². The number of rotatable bonds is 10. The number of ether oxygens (including phenoxy) is 1. The molecule has 0 saturated carbocycles. The fourth-order valence-electron chi connectivity index (χ4n) is 3.63. The van der Waals surface area contributed by atoms with Gasteiger partial charge in [-0.05, 0) is 25.3 Å². The molecule has 1 aromatic rings. The van der Waals surface area contributed by atoms with Crippen LogP contribution in [0, 0.1) is 0 Å². The highest BCUT2D eigenvalue weighted by Gasteiger charge is 2.32. The molecule has 2 aliphatic rings. The van der Waals surface area contributed by atoms with Gasteiger partial charge in [0.05, 0.1) is 6.61 Å². The van der Waals surface area contributed by atoms with Crippen molar-refractivity contribution in [3.63, 3.8) is 0 Å². The molecule has 1 aromatic heterocycles. The minimum absolute atomic E-state index is 0.0618. The van der Waals surface area contributed by atoms with E-state index in [1.54, 1.807) is 17.0 Å². The van der Waals surface area contributed by atoms with Crippen LogP contribution in [0.4, 0.5) is 4.79 Å². The summed E-state index contributed by atoms with van der Waals surface area (Å²) in [6.45, 7) is 5.25. The van der Waals surface area contributed by atoms with Gasteiger partial charge in [0.15, 0.2) is 5.96 Å². The maximum Gasteiger partial charge on any atom is 0.320 e. The summed E-state index contributed by atoms with van der Waals surface area (Å²) in [5.74, 6) is -1.10. The first kappa shape index (κ1) is 23.3. The second-order valence-corrected chi connectivity index (χ2v) is 7.63. The number of urea groups is 1. The number of carboxylic acid groups (broad SMARTS) is 1. The van der Waals surface area contributed by atoms with Gasteiger partial charge in [-0.25, -0.2) is 9.78 Å². The number of carboxylic acids is 1. The maximum absolute atomic E-state index is 12.7. The van der Waals surface area contributed by atoms with E-state index in [1.165, 1.54) is 11.1 Å². The molecule has 0 unspecified atom stereocenters. The van der Waals surface area contributed by atoms with E-state index in [9.17, 15) is 19.5 Å². The number of aliphatic imine (C=N–C) groups is 1. The van der Waals surface area contributed by atoms with Crippen LogP contribution in [0.15, 0.2) is 23.3 Å². The minimum atomic E-state index is -1.02. The Balaban J connectivity index is 1.47. The molecule has 32 heavy (non-hydrogen) atoms. The van der Waals surface area contributed by atoms with Crippen LogP contribution in [0.2, 0.25) is 0 Å². The molecule has 3 heterocycles. The Bertz CT molecular complexity index is 844. The van der Waals surface area contributed by atoms with Crippen molar-refractivity contribution in [3.8, 4) is 5.88 Å². The fourth-order valence-corrected chi connectivity index (χ4v) is 3.63. The second kappa shape index (κ2) is 11.3. The molecular formula is C21H30N6O5. The molecule has 2 aliphatic heterocycles. The zero-order valence-corrected chi connectivity index (χ0v) is 18.2. The number of pyridine rings is 1.